The number of nitrogens with zero attached hydrogens (tertiary/aromatic N) is 4. The molecule has 0 saturated heterocycles. The predicted molar refractivity (Wildman–Crippen MR) is 114 cm³/mol. The summed E-state index contributed by atoms with van der Waals surface area (Å²) < 4.78 is 90.7. The van der Waals surface area contributed by atoms with Gasteiger partial charge in [0, 0.05) is 43.2 Å². The fourth-order valence-corrected chi connectivity index (χ4v) is 4.47. The molecule has 0 aromatic carbocycles. The summed E-state index contributed by atoms with van der Waals surface area (Å²) in [5, 5.41) is 0. The fourth-order valence-electron chi connectivity index (χ4n) is 3.55. The van der Waals surface area contributed by atoms with Gasteiger partial charge in [-0.25, -0.2) is 4.98 Å². The predicted octanol–water partition coefficient (Wildman–Crippen LogP) is 4.91. The normalized spacial score (nSPS) is 14.7. The van der Waals surface area contributed by atoms with Crippen molar-refractivity contribution < 1.29 is 35.7 Å². The van der Waals surface area contributed by atoms with E-state index >= 15 is 0 Å². The van der Waals surface area contributed by atoms with Gasteiger partial charge >= 0.3 is 12.4 Å². The van der Waals surface area contributed by atoms with E-state index in [-0.39, 0.29) is 46.3 Å². The van der Waals surface area contributed by atoms with Crippen LogP contribution >= 0.6 is 0 Å². The lowest BCUT2D eigenvalue weighted by atomic mass is 10.1. The number of pyridine rings is 3. The van der Waals surface area contributed by atoms with E-state index in [0.29, 0.717) is 18.1 Å². The smallest absolute Gasteiger partial charge is 0.417 e. The minimum atomic E-state index is -4.65. The first-order chi connectivity index (χ1) is 16.4. The Morgan fingerprint density at radius 2 is 1.69 bits per heavy atom. The van der Waals surface area contributed by atoms with E-state index in [1.54, 1.807) is 6.92 Å². The Hall–Kier alpha value is -3.19. The van der Waals surface area contributed by atoms with E-state index in [2.05, 4.69) is 15.0 Å². The molecule has 1 unspecified atom stereocenters. The maximum atomic E-state index is 13.3. The summed E-state index contributed by atoms with van der Waals surface area (Å²) in [6.07, 6.45) is -6.43. The van der Waals surface area contributed by atoms with E-state index < -0.39 is 40.6 Å². The van der Waals surface area contributed by atoms with E-state index in [1.165, 1.54) is 12.3 Å². The van der Waals surface area contributed by atoms with E-state index in [4.69, 9.17) is 0 Å². The first-order valence-electron chi connectivity index (χ1n) is 10.2. The Labute approximate surface area is 198 Å². The molecule has 0 spiro atoms. The van der Waals surface area contributed by atoms with Crippen LogP contribution in [-0.4, -0.2) is 37.7 Å². The molecule has 4 rings (SSSR count). The highest BCUT2D eigenvalue weighted by molar-refractivity contribution is 7.91. The number of aromatic nitrogens is 3. The molecule has 0 saturated carbocycles. The third-order valence-corrected chi connectivity index (χ3v) is 6.66. The van der Waals surface area contributed by atoms with Crippen molar-refractivity contribution in [1.82, 2.24) is 15.0 Å². The maximum Gasteiger partial charge on any atom is 0.417 e. The van der Waals surface area contributed by atoms with Crippen LogP contribution in [0.1, 0.15) is 34.2 Å². The number of anilines is 1. The van der Waals surface area contributed by atoms with Crippen molar-refractivity contribution in [2.75, 3.05) is 17.2 Å². The summed E-state index contributed by atoms with van der Waals surface area (Å²) >= 11 is -1.71. The third-order valence-electron chi connectivity index (χ3n) is 5.33. The summed E-state index contributed by atoms with van der Waals surface area (Å²) in [6, 6.07) is 4.15. The number of halogens is 6. The SMILES string of the molecule is CC[S+]([O-])c1cc(-c2ccc(C(F)(F)F)cn2)cnc1C(=O)N1CCc2ncc(C(F)(F)F)cc21. The molecule has 0 N–H and O–H groups in total. The van der Waals surface area contributed by atoms with Gasteiger partial charge in [-0.05, 0) is 36.3 Å². The second-order valence-corrected chi connectivity index (χ2v) is 9.24. The Balaban J connectivity index is 1.71. The van der Waals surface area contributed by atoms with Crippen molar-refractivity contribution in [3.05, 3.63) is 65.4 Å². The monoisotopic (exact) mass is 514 g/mol. The number of hydrogen-bond acceptors (Lipinski definition) is 5. The molecule has 13 heteroatoms. The van der Waals surface area contributed by atoms with Gasteiger partial charge in [-0.1, -0.05) is 0 Å². The molecule has 1 atom stereocenters. The largest absolute Gasteiger partial charge is 0.611 e. The third kappa shape index (κ3) is 4.96. The molecule has 0 aliphatic carbocycles. The zero-order valence-corrected chi connectivity index (χ0v) is 18.8. The second kappa shape index (κ2) is 9.11. The lowest BCUT2D eigenvalue weighted by Gasteiger charge is -2.20. The minimum absolute atomic E-state index is 0.00471. The summed E-state index contributed by atoms with van der Waals surface area (Å²) in [7, 11) is 0. The first kappa shape index (κ1) is 24.9. The topological polar surface area (TPSA) is 82.0 Å². The second-order valence-electron chi connectivity index (χ2n) is 7.53. The van der Waals surface area contributed by atoms with Crippen LogP contribution in [0.4, 0.5) is 32.0 Å². The Bertz CT molecular complexity index is 1260. The van der Waals surface area contributed by atoms with Gasteiger partial charge < -0.3 is 9.45 Å². The van der Waals surface area contributed by atoms with Gasteiger partial charge in [0.05, 0.1) is 28.2 Å². The van der Waals surface area contributed by atoms with Gasteiger partial charge in [-0.2, -0.15) is 26.3 Å². The van der Waals surface area contributed by atoms with Gasteiger partial charge in [0.2, 0.25) is 0 Å². The zero-order valence-electron chi connectivity index (χ0n) is 17.9. The average Bonchev–Trinajstić information content (AvgIpc) is 3.25. The fraction of sp³-hybridized carbons (Fsp3) is 0.273. The molecule has 184 valence electrons. The highest BCUT2D eigenvalue weighted by Crippen LogP contribution is 2.36. The number of rotatable bonds is 4. The highest BCUT2D eigenvalue weighted by atomic mass is 32.2. The van der Waals surface area contributed by atoms with Crippen LogP contribution in [0.15, 0.2) is 47.8 Å². The van der Waals surface area contributed by atoms with Crippen LogP contribution in [0.5, 0.6) is 0 Å². The first-order valence-corrected chi connectivity index (χ1v) is 11.5. The molecule has 3 aromatic rings. The van der Waals surface area contributed by atoms with Crippen molar-refractivity contribution >= 4 is 22.8 Å². The minimum Gasteiger partial charge on any atom is -0.611 e. The van der Waals surface area contributed by atoms with E-state index in [9.17, 15) is 35.7 Å². The molecule has 6 nitrogen and oxygen atoms in total. The Kier molecular flexibility index (Phi) is 6.49. The molecule has 0 fully saturated rings. The lowest BCUT2D eigenvalue weighted by Crippen LogP contribution is -2.31. The van der Waals surface area contributed by atoms with Crippen molar-refractivity contribution in [2.45, 2.75) is 30.6 Å². The summed E-state index contributed by atoms with van der Waals surface area (Å²) in [6.45, 7) is 1.66. The van der Waals surface area contributed by atoms with Crippen LogP contribution in [0.2, 0.25) is 0 Å². The standard InChI is InChI=1S/C22H16F6N4O2S/c1-2-35(34)18-7-12(15-4-3-13(10-29-15)21(23,24)25)9-31-19(18)20(33)32-6-5-16-17(32)8-14(11-30-16)22(26,27)28/h3-4,7-11H,2,5-6H2,1H3. The van der Waals surface area contributed by atoms with E-state index in [1.807, 2.05) is 0 Å². The van der Waals surface area contributed by atoms with Gasteiger partial charge in [0.15, 0.2) is 10.6 Å². The summed E-state index contributed by atoms with van der Waals surface area (Å²) in [5.74, 6) is -0.657. The molecule has 3 aromatic heterocycles. The Morgan fingerprint density at radius 3 is 2.29 bits per heavy atom. The van der Waals surface area contributed by atoms with Crippen molar-refractivity contribution in [2.24, 2.45) is 0 Å². The Morgan fingerprint density at radius 1 is 1.00 bits per heavy atom. The molecule has 35 heavy (non-hydrogen) atoms. The van der Waals surface area contributed by atoms with Crippen molar-refractivity contribution in [3.63, 3.8) is 0 Å². The number of alkyl halides is 6. The number of hydrogen-bond donors (Lipinski definition) is 0. The van der Waals surface area contributed by atoms with Crippen LogP contribution in [0, 0.1) is 0 Å². The van der Waals surface area contributed by atoms with Crippen LogP contribution in [-0.2, 0) is 29.9 Å². The number of carbonyl (C=O) groups excluding carboxylic acids is 1. The molecular formula is C22H16F6N4O2S. The lowest BCUT2D eigenvalue weighted by molar-refractivity contribution is -0.138. The van der Waals surface area contributed by atoms with E-state index in [0.717, 1.165) is 23.1 Å². The maximum absolute atomic E-state index is 13.3. The van der Waals surface area contributed by atoms with Gasteiger partial charge in [0.25, 0.3) is 5.91 Å². The van der Waals surface area contributed by atoms with Gasteiger partial charge in [-0.3, -0.25) is 14.8 Å². The van der Waals surface area contributed by atoms with Crippen LogP contribution in [0.3, 0.4) is 0 Å². The van der Waals surface area contributed by atoms with Crippen LogP contribution < -0.4 is 4.90 Å². The quantitative estimate of drug-likeness (QED) is 0.365. The van der Waals surface area contributed by atoms with Gasteiger partial charge in [0.1, 0.15) is 5.75 Å². The molecular weight excluding hydrogens is 498 g/mol. The molecule has 1 amide bonds. The molecule has 4 heterocycles. The van der Waals surface area contributed by atoms with Crippen molar-refractivity contribution in [1.29, 1.82) is 0 Å². The molecule has 1 aliphatic heterocycles. The number of fused-ring (bicyclic) bond motifs is 1. The highest BCUT2D eigenvalue weighted by Gasteiger charge is 2.37. The molecule has 0 radical (unpaired) electrons. The average molecular weight is 514 g/mol. The summed E-state index contributed by atoms with van der Waals surface area (Å²) in [4.78, 5) is 26.1. The van der Waals surface area contributed by atoms with Crippen LogP contribution in [0.25, 0.3) is 11.3 Å². The number of amides is 1. The molecule has 1 aliphatic rings. The zero-order chi connectivity index (χ0) is 25.5. The summed E-state index contributed by atoms with van der Waals surface area (Å²) in [5.41, 5.74) is -1.53. The van der Waals surface area contributed by atoms with Gasteiger partial charge in [-0.15, -0.1) is 0 Å². The number of carbonyl (C=O) groups is 1. The molecule has 0 bridgehead atoms. The van der Waals surface area contributed by atoms with Crippen molar-refractivity contribution in [3.8, 4) is 11.3 Å².